The summed E-state index contributed by atoms with van der Waals surface area (Å²) in [5, 5.41) is 3.41. The zero-order valence-corrected chi connectivity index (χ0v) is 10.8. The first kappa shape index (κ1) is 13.9. The zero-order chi connectivity index (χ0) is 11.6. The van der Waals surface area contributed by atoms with E-state index in [1.165, 1.54) is 32.1 Å². The molecule has 1 rings (SSSR count). The van der Waals surface area contributed by atoms with Crippen molar-refractivity contribution in [2.45, 2.75) is 58.1 Å². The van der Waals surface area contributed by atoms with Crippen LogP contribution in [0.5, 0.6) is 0 Å². The molecule has 0 aromatic rings. The van der Waals surface area contributed by atoms with Crippen LogP contribution in [-0.4, -0.2) is 38.5 Å². The maximum Gasteiger partial charge on any atom is 0.0616 e. The number of hydrogen-bond acceptors (Lipinski definition) is 3. The molecule has 3 nitrogen and oxygen atoms in total. The van der Waals surface area contributed by atoms with Crippen molar-refractivity contribution in [3.8, 4) is 0 Å². The molecule has 0 aromatic heterocycles. The molecule has 16 heavy (non-hydrogen) atoms. The van der Waals surface area contributed by atoms with E-state index in [2.05, 4.69) is 12.2 Å². The summed E-state index contributed by atoms with van der Waals surface area (Å²) < 4.78 is 11.2. The topological polar surface area (TPSA) is 30.5 Å². The third-order valence-electron chi connectivity index (χ3n) is 3.07. The Bertz CT molecular complexity index is 158. The molecule has 1 unspecified atom stereocenters. The fraction of sp³-hybridized carbons (Fsp3) is 1.00. The van der Waals surface area contributed by atoms with Gasteiger partial charge in [-0.3, -0.25) is 0 Å². The van der Waals surface area contributed by atoms with Crippen LogP contribution in [0.25, 0.3) is 0 Å². The van der Waals surface area contributed by atoms with Crippen LogP contribution in [0.3, 0.4) is 0 Å². The number of hydrogen-bond donors (Lipinski definition) is 1. The molecule has 0 aliphatic heterocycles. The molecule has 96 valence electrons. The molecule has 0 radical (unpaired) electrons. The summed E-state index contributed by atoms with van der Waals surface area (Å²) in [7, 11) is 0. The molecule has 1 atom stereocenters. The second kappa shape index (κ2) is 8.97. The SMILES string of the molecule is CCOCC(C)NCCOC1CCCCC1. The lowest BCUT2D eigenvalue weighted by Crippen LogP contribution is -2.34. The van der Waals surface area contributed by atoms with E-state index in [0.29, 0.717) is 12.1 Å². The largest absolute Gasteiger partial charge is 0.380 e. The minimum atomic E-state index is 0.426. The van der Waals surface area contributed by atoms with Crippen LogP contribution in [0.4, 0.5) is 0 Å². The Labute approximate surface area is 99.9 Å². The number of rotatable bonds is 8. The Morgan fingerprint density at radius 2 is 2.00 bits per heavy atom. The van der Waals surface area contributed by atoms with Crippen LogP contribution in [0.1, 0.15) is 46.0 Å². The van der Waals surface area contributed by atoms with E-state index in [9.17, 15) is 0 Å². The first-order valence-corrected chi connectivity index (χ1v) is 6.75. The predicted octanol–water partition coefficient (Wildman–Crippen LogP) is 2.35. The Morgan fingerprint density at radius 1 is 1.25 bits per heavy atom. The molecule has 0 spiro atoms. The van der Waals surface area contributed by atoms with Gasteiger partial charge in [0.1, 0.15) is 0 Å². The highest BCUT2D eigenvalue weighted by atomic mass is 16.5. The summed E-state index contributed by atoms with van der Waals surface area (Å²) in [5.74, 6) is 0. The van der Waals surface area contributed by atoms with Crippen molar-refractivity contribution in [1.29, 1.82) is 0 Å². The van der Waals surface area contributed by atoms with Gasteiger partial charge in [0, 0.05) is 19.2 Å². The van der Waals surface area contributed by atoms with E-state index in [1.807, 2.05) is 6.92 Å². The van der Waals surface area contributed by atoms with E-state index in [1.54, 1.807) is 0 Å². The first-order chi connectivity index (χ1) is 7.83. The maximum atomic E-state index is 5.83. The van der Waals surface area contributed by atoms with Gasteiger partial charge in [0.2, 0.25) is 0 Å². The third-order valence-corrected chi connectivity index (χ3v) is 3.07. The summed E-state index contributed by atoms with van der Waals surface area (Å²) in [6.07, 6.45) is 7.13. The summed E-state index contributed by atoms with van der Waals surface area (Å²) in [5.41, 5.74) is 0. The monoisotopic (exact) mass is 229 g/mol. The van der Waals surface area contributed by atoms with Gasteiger partial charge in [0.05, 0.1) is 19.3 Å². The van der Waals surface area contributed by atoms with Gasteiger partial charge in [0.25, 0.3) is 0 Å². The fourth-order valence-electron chi connectivity index (χ4n) is 2.12. The minimum absolute atomic E-state index is 0.426. The van der Waals surface area contributed by atoms with Gasteiger partial charge < -0.3 is 14.8 Å². The van der Waals surface area contributed by atoms with Gasteiger partial charge in [-0.15, -0.1) is 0 Å². The van der Waals surface area contributed by atoms with Crippen molar-refractivity contribution in [2.24, 2.45) is 0 Å². The summed E-state index contributed by atoms with van der Waals surface area (Å²) in [6.45, 7) is 7.53. The molecule has 0 bridgehead atoms. The van der Waals surface area contributed by atoms with Gasteiger partial charge in [-0.05, 0) is 26.7 Å². The standard InChI is InChI=1S/C13H27NO2/c1-3-15-11-12(2)14-9-10-16-13-7-5-4-6-8-13/h12-14H,3-11H2,1-2H3. The Kier molecular flexibility index (Phi) is 7.81. The van der Waals surface area contributed by atoms with E-state index in [0.717, 1.165) is 26.4 Å². The van der Waals surface area contributed by atoms with Crippen molar-refractivity contribution in [3.05, 3.63) is 0 Å². The van der Waals surface area contributed by atoms with Crippen molar-refractivity contribution >= 4 is 0 Å². The van der Waals surface area contributed by atoms with Gasteiger partial charge in [-0.2, -0.15) is 0 Å². The van der Waals surface area contributed by atoms with Crippen LogP contribution in [0.2, 0.25) is 0 Å². The van der Waals surface area contributed by atoms with Crippen LogP contribution in [0.15, 0.2) is 0 Å². The van der Waals surface area contributed by atoms with E-state index >= 15 is 0 Å². The third kappa shape index (κ3) is 6.46. The molecular formula is C13H27NO2. The molecule has 1 aliphatic rings. The first-order valence-electron chi connectivity index (χ1n) is 6.75. The maximum absolute atomic E-state index is 5.83. The molecule has 1 fully saturated rings. The Balaban J connectivity index is 1.90. The highest BCUT2D eigenvalue weighted by Crippen LogP contribution is 2.19. The van der Waals surface area contributed by atoms with Crippen molar-refractivity contribution in [1.82, 2.24) is 5.32 Å². The van der Waals surface area contributed by atoms with Crippen LogP contribution in [-0.2, 0) is 9.47 Å². The summed E-state index contributed by atoms with van der Waals surface area (Å²) >= 11 is 0. The van der Waals surface area contributed by atoms with Crippen LogP contribution < -0.4 is 5.32 Å². The van der Waals surface area contributed by atoms with Crippen molar-refractivity contribution in [3.63, 3.8) is 0 Å². The molecule has 1 aliphatic carbocycles. The normalized spacial score (nSPS) is 19.9. The average molecular weight is 229 g/mol. The average Bonchev–Trinajstić information content (AvgIpc) is 2.33. The van der Waals surface area contributed by atoms with E-state index < -0.39 is 0 Å². The molecule has 0 amide bonds. The van der Waals surface area contributed by atoms with Crippen molar-refractivity contribution in [2.75, 3.05) is 26.4 Å². The van der Waals surface area contributed by atoms with Gasteiger partial charge in [-0.25, -0.2) is 0 Å². The van der Waals surface area contributed by atoms with Crippen molar-refractivity contribution < 1.29 is 9.47 Å². The zero-order valence-electron chi connectivity index (χ0n) is 10.8. The quantitative estimate of drug-likeness (QED) is 0.648. The molecule has 3 heteroatoms. The number of nitrogens with one attached hydrogen (secondary N) is 1. The van der Waals surface area contributed by atoms with Gasteiger partial charge in [0.15, 0.2) is 0 Å². The predicted molar refractivity (Wildman–Crippen MR) is 66.8 cm³/mol. The van der Waals surface area contributed by atoms with Crippen LogP contribution in [0, 0.1) is 0 Å². The lowest BCUT2D eigenvalue weighted by atomic mass is 9.98. The summed E-state index contributed by atoms with van der Waals surface area (Å²) in [4.78, 5) is 0. The lowest BCUT2D eigenvalue weighted by Gasteiger charge is -2.22. The molecule has 1 saturated carbocycles. The molecule has 1 N–H and O–H groups in total. The summed E-state index contributed by atoms with van der Waals surface area (Å²) in [6, 6.07) is 0.426. The van der Waals surface area contributed by atoms with Crippen LogP contribution >= 0.6 is 0 Å². The highest BCUT2D eigenvalue weighted by molar-refractivity contribution is 4.65. The molecular weight excluding hydrogens is 202 g/mol. The fourth-order valence-corrected chi connectivity index (χ4v) is 2.12. The molecule has 0 aromatic carbocycles. The van der Waals surface area contributed by atoms with E-state index in [4.69, 9.17) is 9.47 Å². The Hall–Kier alpha value is -0.120. The number of ether oxygens (including phenoxy) is 2. The van der Waals surface area contributed by atoms with Gasteiger partial charge >= 0.3 is 0 Å². The minimum Gasteiger partial charge on any atom is -0.380 e. The second-order valence-corrected chi connectivity index (χ2v) is 4.65. The molecule has 0 saturated heterocycles. The highest BCUT2D eigenvalue weighted by Gasteiger charge is 2.13. The van der Waals surface area contributed by atoms with Gasteiger partial charge in [-0.1, -0.05) is 19.3 Å². The lowest BCUT2D eigenvalue weighted by molar-refractivity contribution is 0.0279. The second-order valence-electron chi connectivity index (χ2n) is 4.65. The van der Waals surface area contributed by atoms with E-state index in [-0.39, 0.29) is 0 Å². The Morgan fingerprint density at radius 3 is 2.69 bits per heavy atom. The smallest absolute Gasteiger partial charge is 0.0616 e. The molecule has 0 heterocycles.